The molecule has 19 heavy (non-hydrogen) atoms. The van der Waals surface area contributed by atoms with E-state index in [4.69, 9.17) is 20.8 Å². The average molecular weight is 275 g/mol. The normalized spacial score (nSPS) is 13.2. The first-order valence-electron chi connectivity index (χ1n) is 6.29. The first kappa shape index (κ1) is 12.5. The van der Waals surface area contributed by atoms with E-state index in [1.54, 1.807) is 7.11 Å². The van der Waals surface area contributed by atoms with Crippen LogP contribution in [0.3, 0.4) is 0 Å². The minimum absolute atomic E-state index is 0.353. The Labute approximate surface area is 116 Å². The van der Waals surface area contributed by atoms with Gasteiger partial charge in [0.05, 0.1) is 6.61 Å². The molecule has 0 saturated heterocycles. The molecule has 1 unspecified atom stereocenters. The van der Waals surface area contributed by atoms with Crippen molar-refractivity contribution in [1.82, 2.24) is 0 Å². The van der Waals surface area contributed by atoms with Crippen molar-refractivity contribution >= 4 is 33.5 Å². The van der Waals surface area contributed by atoms with Crippen molar-refractivity contribution in [2.45, 2.75) is 12.8 Å². The van der Waals surface area contributed by atoms with E-state index in [0.29, 0.717) is 12.5 Å². The van der Waals surface area contributed by atoms with Gasteiger partial charge in [-0.15, -0.1) is 0 Å². The third-order valence-corrected chi connectivity index (χ3v) is 3.68. The Morgan fingerprint density at radius 2 is 1.95 bits per heavy atom. The van der Waals surface area contributed by atoms with Crippen LogP contribution in [-0.2, 0) is 4.74 Å². The maximum Gasteiger partial charge on any atom is 0.135 e. The second-order valence-corrected chi connectivity index (χ2v) is 5.29. The van der Waals surface area contributed by atoms with E-state index in [1.165, 1.54) is 5.56 Å². The van der Waals surface area contributed by atoms with E-state index in [-0.39, 0.29) is 0 Å². The van der Waals surface area contributed by atoms with Crippen LogP contribution in [0.2, 0.25) is 5.02 Å². The summed E-state index contributed by atoms with van der Waals surface area (Å²) in [5, 5.41) is 2.89. The average Bonchev–Trinajstić information content (AvgIpc) is 2.76. The highest BCUT2D eigenvalue weighted by Gasteiger charge is 2.11. The van der Waals surface area contributed by atoms with Crippen LogP contribution in [0.5, 0.6) is 0 Å². The second-order valence-electron chi connectivity index (χ2n) is 4.85. The van der Waals surface area contributed by atoms with Gasteiger partial charge in [-0.2, -0.15) is 0 Å². The Balaban J connectivity index is 2.16. The van der Waals surface area contributed by atoms with Gasteiger partial charge in [0.15, 0.2) is 0 Å². The summed E-state index contributed by atoms with van der Waals surface area (Å²) in [5.74, 6) is 0.353. The van der Waals surface area contributed by atoms with E-state index in [9.17, 15) is 0 Å². The molecule has 0 aliphatic rings. The minimum Gasteiger partial charge on any atom is -0.456 e. The molecule has 2 aromatic carbocycles. The molecule has 3 rings (SSSR count). The van der Waals surface area contributed by atoms with Crippen molar-refractivity contribution in [3.05, 3.63) is 47.0 Å². The van der Waals surface area contributed by atoms with Crippen molar-refractivity contribution in [2.24, 2.45) is 0 Å². The lowest BCUT2D eigenvalue weighted by Crippen LogP contribution is -2.01. The van der Waals surface area contributed by atoms with Crippen LogP contribution in [0.1, 0.15) is 18.4 Å². The van der Waals surface area contributed by atoms with Gasteiger partial charge in [0, 0.05) is 28.8 Å². The third-order valence-electron chi connectivity index (χ3n) is 3.44. The first-order valence-corrected chi connectivity index (χ1v) is 6.67. The molecule has 3 heteroatoms. The van der Waals surface area contributed by atoms with Gasteiger partial charge in [-0.3, -0.25) is 0 Å². The molecule has 0 radical (unpaired) electrons. The van der Waals surface area contributed by atoms with Crippen LogP contribution in [0.15, 0.2) is 40.8 Å². The molecule has 0 amide bonds. The largest absolute Gasteiger partial charge is 0.456 e. The van der Waals surface area contributed by atoms with Crippen molar-refractivity contribution in [1.29, 1.82) is 0 Å². The maximum atomic E-state index is 6.04. The van der Waals surface area contributed by atoms with Gasteiger partial charge in [0.1, 0.15) is 11.2 Å². The summed E-state index contributed by atoms with van der Waals surface area (Å²) in [4.78, 5) is 0. The number of furan rings is 1. The summed E-state index contributed by atoms with van der Waals surface area (Å²) >= 11 is 6.04. The molecule has 0 spiro atoms. The minimum atomic E-state index is 0.353. The number of fused-ring (bicyclic) bond motifs is 3. The summed E-state index contributed by atoms with van der Waals surface area (Å²) in [6, 6.07) is 12.0. The smallest absolute Gasteiger partial charge is 0.135 e. The Morgan fingerprint density at radius 1 is 1.11 bits per heavy atom. The van der Waals surface area contributed by atoms with Crippen molar-refractivity contribution < 1.29 is 9.15 Å². The van der Waals surface area contributed by atoms with Gasteiger partial charge in [-0.05, 0) is 29.8 Å². The number of hydrogen-bond acceptors (Lipinski definition) is 2. The quantitative estimate of drug-likeness (QED) is 0.671. The number of halogens is 1. The molecule has 0 N–H and O–H groups in total. The molecule has 98 valence electrons. The van der Waals surface area contributed by atoms with Gasteiger partial charge in [0.25, 0.3) is 0 Å². The highest BCUT2D eigenvalue weighted by Crippen LogP contribution is 2.32. The number of benzene rings is 2. The standard InChI is InChI=1S/C16H15ClO2/c1-10(9-18-2)11-3-5-13-14-8-12(17)4-6-15(14)19-16(13)7-11/h3-8,10H,9H2,1-2H3. The summed E-state index contributed by atoms with van der Waals surface area (Å²) in [5.41, 5.74) is 2.99. The molecule has 0 saturated carbocycles. The monoisotopic (exact) mass is 274 g/mol. The van der Waals surface area contributed by atoms with E-state index in [1.807, 2.05) is 18.2 Å². The number of ether oxygens (including phenoxy) is 1. The van der Waals surface area contributed by atoms with Gasteiger partial charge < -0.3 is 9.15 Å². The lowest BCUT2D eigenvalue weighted by molar-refractivity contribution is 0.184. The number of methoxy groups -OCH3 is 1. The first-order chi connectivity index (χ1) is 9.19. The lowest BCUT2D eigenvalue weighted by Gasteiger charge is -2.09. The summed E-state index contributed by atoms with van der Waals surface area (Å²) < 4.78 is 11.1. The molecule has 1 aromatic heterocycles. The zero-order valence-corrected chi connectivity index (χ0v) is 11.7. The Morgan fingerprint density at radius 3 is 2.74 bits per heavy atom. The molecule has 0 fully saturated rings. The van der Waals surface area contributed by atoms with E-state index in [2.05, 4.69) is 25.1 Å². The Kier molecular flexibility index (Phi) is 3.21. The summed E-state index contributed by atoms with van der Waals surface area (Å²) in [7, 11) is 1.72. The van der Waals surface area contributed by atoms with Crippen molar-refractivity contribution in [3.8, 4) is 0 Å². The molecular formula is C16H15ClO2. The van der Waals surface area contributed by atoms with E-state index >= 15 is 0 Å². The maximum absolute atomic E-state index is 6.04. The fraction of sp³-hybridized carbons (Fsp3) is 0.250. The molecule has 1 atom stereocenters. The van der Waals surface area contributed by atoms with Crippen LogP contribution in [0, 0.1) is 0 Å². The predicted octanol–water partition coefficient (Wildman–Crippen LogP) is 4.99. The topological polar surface area (TPSA) is 22.4 Å². The van der Waals surface area contributed by atoms with Crippen LogP contribution >= 0.6 is 11.6 Å². The highest BCUT2D eigenvalue weighted by atomic mass is 35.5. The summed E-state index contributed by atoms with van der Waals surface area (Å²) in [6.45, 7) is 2.85. The van der Waals surface area contributed by atoms with E-state index < -0.39 is 0 Å². The fourth-order valence-corrected chi connectivity index (χ4v) is 2.59. The zero-order chi connectivity index (χ0) is 13.4. The third kappa shape index (κ3) is 2.22. The molecule has 1 heterocycles. The molecule has 0 aliphatic heterocycles. The Bertz CT molecular complexity index is 730. The summed E-state index contributed by atoms with van der Waals surface area (Å²) in [6.07, 6.45) is 0. The van der Waals surface area contributed by atoms with Crippen molar-refractivity contribution in [2.75, 3.05) is 13.7 Å². The molecule has 3 aromatic rings. The molecule has 2 nitrogen and oxygen atoms in total. The molecule has 0 aliphatic carbocycles. The fourth-order valence-electron chi connectivity index (χ4n) is 2.42. The van der Waals surface area contributed by atoms with Gasteiger partial charge in [0.2, 0.25) is 0 Å². The molecular weight excluding hydrogens is 260 g/mol. The van der Waals surface area contributed by atoms with Crippen LogP contribution in [0.4, 0.5) is 0 Å². The van der Waals surface area contributed by atoms with Crippen molar-refractivity contribution in [3.63, 3.8) is 0 Å². The molecule has 0 bridgehead atoms. The SMILES string of the molecule is COCC(C)c1ccc2c(c1)oc1ccc(Cl)cc12. The second kappa shape index (κ2) is 4.87. The van der Waals surface area contributed by atoms with Gasteiger partial charge in [-0.1, -0.05) is 30.7 Å². The predicted molar refractivity (Wildman–Crippen MR) is 79.0 cm³/mol. The van der Waals surface area contributed by atoms with Crippen LogP contribution in [0.25, 0.3) is 21.9 Å². The number of rotatable bonds is 3. The van der Waals surface area contributed by atoms with Crippen LogP contribution < -0.4 is 0 Å². The van der Waals surface area contributed by atoms with Gasteiger partial charge >= 0.3 is 0 Å². The number of hydrogen-bond donors (Lipinski definition) is 0. The van der Waals surface area contributed by atoms with E-state index in [0.717, 1.165) is 27.0 Å². The zero-order valence-electron chi connectivity index (χ0n) is 10.9. The van der Waals surface area contributed by atoms with Crippen LogP contribution in [-0.4, -0.2) is 13.7 Å². The lowest BCUT2D eigenvalue weighted by atomic mass is 10.0. The Hall–Kier alpha value is -1.51. The van der Waals surface area contributed by atoms with Gasteiger partial charge in [-0.25, -0.2) is 0 Å². The highest BCUT2D eigenvalue weighted by molar-refractivity contribution is 6.31.